The number of Topliss-reactive ketones (excluding diaryl/α,β-unsaturated/α-hetero) is 1. The van der Waals surface area contributed by atoms with Gasteiger partial charge < -0.3 is 14.3 Å². The number of hydrogen-bond donors (Lipinski definition) is 0. The maximum Gasteiger partial charge on any atom is 0.160 e. The molecule has 3 heteroatoms. The molecule has 1 fully saturated rings. The van der Waals surface area contributed by atoms with Crippen LogP contribution in [0.15, 0.2) is 0 Å². The molecule has 0 saturated carbocycles. The first-order valence-corrected chi connectivity index (χ1v) is 5.46. The summed E-state index contributed by atoms with van der Waals surface area (Å²) in [6.45, 7) is 5.09. The molecule has 0 spiro atoms. The van der Waals surface area contributed by atoms with Crippen molar-refractivity contribution < 1.29 is 14.3 Å². The third-order valence-corrected chi connectivity index (χ3v) is 2.58. The Morgan fingerprint density at radius 1 is 1.57 bits per heavy atom. The summed E-state index contributed by atoms with van der Waals surface area (Å²) in [7, 11) is 0. The normalized spacial score (nSPS) is 27.6. The standard InChI is InChI=1S/C11H20O3/c1-3-13-11-10(5-4-8-14-11)7-6-9(2)12/h10-11H,3-8H2,1-2H3/t10-,11-/m0/s1. The van der Waals surface area contributed by atoms with Gasteiger partial charge in [-0.25, -0.2) is 0 Å². The van der Waals surface area contributed by atoms with Crippen LogP contribution in [-0.2, 0) is 14.3 Å². The lowest BCUT2D eigenvalue weighted by Crippen LogP contribution is -2.32. The van der Waals surface area contributed by atoms with Gasteiger partial charge >= 0.3 is 0 Å². The Bertz CT molecular complexity index is 177. The molecule has 1 aliphatic rings. The number of carbonyl (C=O) groups is 1. The fourth-order valence-electron chi connectivity index (χ4n) is 1.83. The van der Waals surface area contributed by atoms with Crippen LogP contribution in [0.5, 0.6) is 0 Å². The van der Waals surface area contributed by atoms with Crippen molar-refractivity contribution >= 4 is 5.78 Å². The van der Waals surface area contributed by atoms with Gasteiger partial charge in [0.1, 0.15) is 5.78 Å². The third-order valence-electron chi connectivity index (χ3n) is 2.58. The molecule has 0 aromatic heterocycles. The summed E-state index contributed by atoms with van der Waals surface area (Å²) in [6.07, 6.45) is 3.69. The summed E-state index contributed by atoms with van der Waals surface area (Å²) in [5, 5.41) is 0. The number of hydrogen-bond acceptors (Lipinski definition) is 3. The van der Waals surface area contributed by atoms with Gasteiger partial charge in [0.2, 0.25) is 0 Å². The predicted octanol–water partition coefficient (Wildman–Crippen LogP) is 2.14. The van der Waals surface area contributed by atoms with E-state index < -0.39 is 0 Å². The molecule has 1 heterocycles. The lowest BCUT2D eigenvalue weighted by molar-refractivity contribution is -0.191. The second-order valence-electron chi connectivity index (χ2n) is 3.84. The molecular formula is C11H20O3. The number of rotatable bonds is 5. The van der Waals surface area contributed by atoms with E-state index in [-0.39, 0.29) is 12.1 Å². The van der Waals surface area contributed by atoms with Crippen LogP contribution in [0.25, 0.3) is 0 Å². The zero-order valence-corrected chi connectivity index (χ0v) is 9.12. The van der Waals surface area contributed by atoms with Crippen LogP contribution in [0.3, 0.4) is 0 Å². The molecule has 0 aliphatic carbocycles. The molecule has 0 radical (unpaired) electrons. The van der Waals surface area contributed by atoms with E-state index in [0.29, 0.717) is 18.9 Å². The Hall–Kier alpha value is -0.410. The third kappa shape index (κ3) is 3.76. The lowest BCUT2D eigenvalue weighted by Gasteiger charge is -2.31. The van der Waals surface area contributed by atoms with Gasteiger partial charge in [0.25, 0.3) is 0 Å². The SMILES string of the molecule is CCO[C@H]1OCCC[C@H]1CCC(C)=O. The van der Waals surface area contributed by atoms with Crippen molar-refractivity contribution in [2.75, 3.05) is 13.2 Å². The van der Waals surface area contributed by atoms with E-state index in [2.05, 4.69) is 0 Å². The predicted molar refractivity (Wildman–Crippen MR) is 54.0 cm³/mol. The summed E-state index contributed by atoms with van der Waals surface area (Å²) >= 11 is 0. The first-order valence-electron chi connectivity index (χ1n) is 5.46. The lowest BCUT2D eigenvalue weighted by atomic mass is 9.94. The molecule has 0 amide bonds. The Kier molecular flexibility index (Phi) is 5.12. The zero-order valence-electron chi connectivity index (χ0n) is 9.12. The molecule has 14 heavy (non-hydrogen) atoms. The Morgan fingerprint density at radius 3 is 3.00 bits per heavy atom. The molecule has 1 saturated heterocycles. The first kappa shape index (κ1) is 11.7. The molecule has 1 rings (SSSR count). The summed E-state index contributed by atoms with van der Waals surface area (Å²) in [5.41, 5.74) is 0. The molecule has 0 unspecified atom stereocenters. The first-order chi connectivity index (χ1) is 6.74. The van der Waals surface area contributed by atoms with E-state index in [9.17, 15) is 4.79 Å². The fraction of sp³-hybridized carbons (Fsp3) is 0.909. The van der Waals surface area contributed by atoms with Gasteiger partial charge in [0.05, 0.1) is 0 Å². The average Bonchev–Trinajstić information content (AvgIpc) is 2.17. The summed E-state index contributed by atoms with van der Waals surface area (Å²) in [6, 6.07) is 0. The Balaban J connectivity index is 2.33. The highest BCUT2D eigenvalue weighted by Gasteiger charge is 2.26. The van der Waals surface area contributed by atoms with Gasteiger partial charge in [0, 0.05) is 25.6 Å². The minimum Gasteiger partial charge on any atom is -0.353 e. The van der Waals surface area contributed by atoms with Gasteiger partial charge in [-0.05, 0) is 33.1 Å². The smallest absolute Gasteiger partial charge is 0.160 e. The van der Waals surface area contributed by atoms with Crippen LogP contribution in [0.1, 0.15) is 39.5 Å². The summed E-state index contributed by atoms with van der Waals surface area (Å²) in [5.74, 6) is 0.665. The second-order valence-corrected chi connectivity index (χ2v) is 3.84. The molecule has 0 N–H and O–H groups in total. The Morgan fingerprint density at radius 2 is 2.36 bits per heavy atom. The highest BCUT2D eigenvalue weighted by molar-refractivity contribution is 5.75. The summed E-state index contributed by atoms with van der Waals surface area (Å²) in [4.78, 5) is 10.9. The van der Waals surface area contributed by atoms with Crippen LogP contribution in [0.4, 0.5) is 0 Å². The minimum absolute atomic E-state index is 0.0758. The molecule has 82 valence electrons. The van der Waals surface area contributed by atoms with Crippen molar-refractivity contribution in [1.29, 1.82) is 0 Å². The van der Waals surface area contributed by atoms with E-state index in [1.807, 2.05) is 6.92 Å². The number of carbonyl (C=O) groups excluding carboxylic acids is 1. The maximum atomic E-state index is 10.9. The van der Waals surface area contributed by atoms with Crippen molar-refractivity contribution in [2.24, 2.45) is 5.92 Å². The van der Waals surface area contributed by atoms with E-state index in [1.165, 1.54) is 0 Å². The molecule has 0 bridgehead atoms. The zero-order chi connectivity index (χ0) is 10.4. The monoisotopic (exact) mass is 200 g/mol. The fourth-order valence-corrected chi connectivity index (χ4v) is 1.83. The number of ether oxygens (including phenoxy) is 2. The van der Waals surface area contributed by atoms with Gasteiger partial charge in [-0.1, -0.05) is 0 Å². The highest BCUT2D eigenvalue weighted by atomic mass is 16.7. The van der Waals surface area contributed by atoms with E-state index in [0.717, 1.165) is 25.9 Å². The largest absolute Gasteiger partial charge is 0.353 e. The van der Waals surface area contributed by atoms with Crippen molar-refractivity contribution in [3.05, 3.63) is 0 Å². The molecule has 1 aliphatic heterocycles. The van der Waals surface area contributed by atoms with Crippen LogP contribution in [-0.4, -0.2) is 25.3 Å². The van der Waals surface area contributed by atoms with E-state index in [1.54, 1.807) is 6.92 Å². The molecule has 2 atom stereocenters. The van der Waals surface area contributed by atoms with Crippen molar-refractivity contribution in [3.63, 3.8) is 0 Å². The molecule has 3 nitrogen and oxygen atoms in total. The molecule has 0 aromatic carbocycles. The topological polar surface area (TPSA) is 35.5 Å². The van der Waals surface area contributed by atoms with Gasteiger partial charge in [-0.3, -0.25) is 0 Å². The quantitative estimate of drug-likeness (QED) is 0.682. The average molecular weight is 200 g/mol. The van der Waals surface area contributed by atoms with E-state index >= 15 is 0 Å². The van der Waals surface area contributed by atoms with E-state index in [4.69, 9.17) is 9.47 Å². The minimum atomic E-state index is -0.0758. The number of ketones is 1. The van der Waals surface area contributed by atoms with Crippen LogP contribution >= 0.6 is 0 Å². The highest BCUT2D eigenvalue weighted by Crippen LogP contribution is 2.25. The van der Waals surface area contributed by atoms with Crippen LogP contribution in [0.2, 0.25) is 0 Å². The summed E-state index contributed by atoms with van der Waals surface area (Å²) < 4.78 is 11.0. The molecule has 0 aromatic rings. The van der Waals surface area contributed by atoms with Crippen molar-refractivity contribution in [3.8, 4) is 0 Å². The second kappa shape index (κ2) is 6.14. The van der Waals surface area contributed by atoms with Crippen LogP contribution in [0, 0.1) is 5.92 Å². The Labute approximate surface area is 85.8 Å². The molecular weight excluding hydrogens is 180 g/mol. The van der Waals surface area contributed by atoms with Gasteiger partial charge in [0.15, 0.2) is 6.29 Å². The van der Waals surface area contributed by atoms with Gasteiger partial charge in [-0.2, -0.15) is 0 Å². The maximum absolute atomic E-state index is 10.9. The van der Waals surface area contributed by atoms with Crippen LogP contribution < -0.4 is 0 Å². The van der Waals surface area contributed by atoms with Crippen molar-refractivity contribution in [2.45, 2.75) is 45.8 Å². The van der Waals surface area contributed by atoms with Gasteiger partial charge in [-0.15, -0.1) is 0 Å². The van der Waals surface area contributed by atoms with Crippen molar-refractivity contribution in [1.82, 2.24) is 0 Å².